The Hall–Kier alpha value is -2.10. The molecule has 0 unspecified atom stereocenters. The summed E-state index contributed by atoms with van der Waals surface area (Å²) in [6, 6.07) is 7.81. The van der Waals surface area contributed by atoms with Gasteiger partial charge < -0.3 is 19.2 Å². The second-order valence-corrected chi connectivity index (χ2v) is 4.24. The highest BCUT2D eigenvalue weighted by atomic mass is 16.6. The molecule has 0 spiro atoms. The third kappa shape index (κ3) is 2.14. The van der Waals surface area contributed by atoms with Crippen LogP contribution in [0.15, 0.2) is 34.9 Å². The van der Waals surface area contributed by atoms with E-state index < -0.39 is 0 Å². The summed E-state index contributed by atoms with van der Waals surface area (Å²) in [4.78, 5) is 0. The lowest BCUT2D eigenvalue weighted by atomic mass is 10.2. The number of furan rings is 1. The van der Waals surface area contributed by atoms with E-state index in [1.807, 2.05) is 31.2 Å². The molecule has 4 nitrogen and oxygen atoms in total. The molecule has 0 radical (unpaired) electrons. The van der Waals surface area contributed by atoms with Gasteiger partial charge in [-0.25, -0.2) is 0 Å². The summed E-state index contributed by atoms with van der Waals surface area (Å²) < 4.78 is 16.4. The zero-order valence-electron chi connectivity index (χ0n) is 10.2. The van der Waals surface area contributed by atoms with Crippen molar-refractivity contribution in [2.24, 2.45) is 0 Å². The lowest BCUT2D eigenvalue weighted by Gasteiger charge is -2.19. The van der Waals surface area contributed by atoms with Crippen LogP contribution in [0.25, 0.3) is 0 Å². The second kappa shape index (κ2) is 4.64. The SMILES string of the molecule is Cc1ccoc1CNc1ccc2c(c1)OCCO2. The first-order valence-electron chi connectivity index (χ1n) is 5.99. The Kier molecular flexibility index (Phi) is 2.84. The molecule has 94 valence electrons. The van der Waals surface area contributed by atoms with E-state index in [2.05, 4.69) is 5.32 Å². The number of anilines is 1. The van der Waals surface area contributed by atoms with E-state index >= 15 is 0 Å². The van der Waals surface area contributed by atoms with Crippen LogP contribution in [0.2, 0.25) is 0 Å². The van der Waals surface area contributed by atoms with Crippen molar-refractivity contribution >= 4 is 5.69 Å². The molecule has 2 heterocycles. The van der Waals surface area contributed by atoms with E-state index in [1.54, 1.807) is 6.26 Å². The zero-order valence-corrected chi connectivity index (χ0v) is 10.2. The number of rotatable bonds is 3. The van der Waals surface area contributed by atoms with Gasteiger partial charge in [-0.1, -0.05) is 0 Å². The standard InChI is InChI=1S/C14H15NO3/c1-10-4-5-16-14(10)9-15-11-2-3-12-13(8-11)18-7-6-17-12/h2-5,8,15H,6-7,9H2,1H3. The van der Waals surface area contributed by atoms with Crippen LogP contribution in [-0.2, 0) is 6.54 Å². The quantitative estimate of drug-likeness (QED) is 0.902. The van der Waals surface area contributed by atoms with E-state index in [1.165, 1.54) is 0 Å². The number of nitrogens with one attached hydrogen (secondary N) is 1. The van der Waals surface area contributed by atoms with Gasteiger partial charge in [0.1, 0.15) is 19.0 Å². The zero-order chi connectivity index (χ0) is 12.4. The predicted molar refractivity (Wildman–Crippen MR) is 68.2 cm³/mol. The number of aryl methyl sites for hydroxylation is 1. The maximum Gasteiger partial charge on any atom is 0.163 e. The third-order valence-electron chi connectivity index (χ3n) is 2.96. The maximum absolute atomic E-state index is 5.54. The van der Waals surface area contributed by atoms with Gasteiger partial charge in [-0.15, -0.1) is 0 Å². The van der Waals surface area contributed by atoms with Gasteiger partial charge in [-0.2, -0.15) is 0 Å². The first-order chi connectivity index (χ1) is 8.83. The number of benzene rings is 1. The van der Waals surface area contributed by atoms with Gasteiger partial charge >= 0.3 is 0 Å². The molecule has 0 atom stereocenters. The van der Waals surface area contributed by atoms with Crippen LogP contribution in [0.3, 0.4) is 0 Å². The van der Waals surface area contributed by atoms with Crippen LogP contribution < -0.4 is 14.8 Å². The molecule has 4 heteroatoms. The first kappa shape index (κ1) is 11.0. The summed E-state index contributed by atoms with van der Waals surface area (Å²) in [6.45, 7) is 3.92. The molecular formula is C14H15NO3. The van der Waals surface area contributed by atoms with Gasteiger partial charge in [0.05, 0.1) is 12.8 Å². The molecule has 3 rings (SSSR count). The maximum atomic E-state index is 5.54. The Morgan fingerprint density at radius 2 is 1.94 bits per heavy atom. The lowest BCUT2D eigenvalue weighted by molar-refractivity contribution is 0.171. The number of fused-ring (bicyclic) bond motifs is 1. The fourth-order valence-electron chi connectivity index (χ4n) is 1.92. The predicted octanol–water partition coefficient (Wildman–Crippen LogP) is 2.97. The molecule has 1 aromatic carbocycles. The van der Waals surface area contributed by atoms with Crippen molar-refractivity contribution in [1.29, 1.82) is 0 Å². The fourth-order valence-corrected chi connectivity index (χ4v) is 1.92. The molecule has 1 aromatic heterocycles. The Morgan fingerprint density at radius 1 is 1.11 bits per heavy atom. The lowest BCUT2D eigenvalue weighted by Crippen LogP contribution is -2.15. The molecule has 0 aliphatic carbocycles. The van der Waals surface area contributed by atoms with Gasteiger partial charge in [0.25, 0.3) is 0 Å². The Bertz CT molecular complexity index is 548. The second-order valence-electron chi connectivity index (χ2n) is 4.24. The fraction of sp³-hybridized carbons (Fsp3) is 0.286. The van der Waals surface area contributed by atoms with E-state index in [-0.39, 0.29) is 0 Å². The molecule has 2 aromatic rings. The van der Waals surface area contributed by atoms with E-state index in [4.69, 9.17) is 13.9 Å². The van der Waals surface area contributed by atoms with Crippen LogP contribution in [0.1, 0.15) is 11.3 Å². The van der Waals surface area contributed by atoms with Crippen molar-refractivity contribution in [1.82, 2.24) is 0 Å². The third-order valence-corrected chi connectivity index (χ3v) is 2.96. The normalized spacial score (nSPS) is 13.4. The van der Waals surface area contributed by atoms with Crippen molar-refractivity contribution in [3.05, 3.63) is 41.9 Å². The van der Waals surface area contributed by atoms with Crippen LogP contribution >= 0.6 is 0 Å². The Balaban J connectivity index is 1.71. The summed E-state index contributed by atoms with van der Waals surface area (Å²) in [7, 11) is 0. The summed E-state index contributed by atoms with van der Waals surface area (Å²) >= 11 is 0. The van der Waals surface area contributed by atoms with Gasteiger partial charge in [-0.05, 0) is 30.7 Å². The highest BCUT2D eigenvalue weighted by molar-refractivity contribution is 5.55. The van der Waals surface area contributed by atoms with Gasteiger partial charge in [-0.3, -0.25) is 0 Å². The van der Waals surface area contributed by atoms with Crippen molar-refractivity contribution in [3.63, 3.8) is 0 Å². The largest absolute Gasteiger partial charge is 0.486 e. The minimum absolute atomic E-state index is 0.605. The molecular weight excluding hydrogens is 230 g/mol. The van der Waals surface area contributed by atoms with Crippen LogP contribution in [0, 0.1) is 6.92 Å². The number of hydrogen-bond acceptors (Lipinski definition) is 4. The topological polar surface area (TPSA) is 43.6 Å². The summed E-state index contributed by atoms with van der Waals surface area (Å²) in [6.07, 6.45) is 1.70. The summed E-state index contributed by atoms with van der Waals surface area (Å²) in [5.41, 5.74) is 2.15. The first-order valence-corrected chi connectivity index (χ1v) is 5.99. The molecule has 1 aliphatic rings. The molecule has 0 fully saturated rings. The van der Waals surface area contributed by atoms with Gasteiger partial charge in [0.2, 0.25) is 0 Å². The monoisotopic (exact) mass is 245 g/mol. The number of ether oxygens (including phenoxy) is 2. The minimum atomic E-state index is 0.605. The van der Waals surface area contributed by atoms with Crippen molar-refractivity contribution < 1.29 is 13.9 Å². The number of hydrogen-bond donors (Lipinski definition) is 1. The van der Waals surface area contributed by atoms with Crippen molar-refractivity contribution in [2.75, 3.05) is 18.5 Å². The molecule has 18 heavy (non-hydrogen) atoms. The highest BCUT2D eigenvalue weighted by Gasteiger charge is 2.11. The Labute approximate surface area is 106 Å². The molecule has 1 N–H and O–H groups in total. The Morgan fingerprint density at radius 3 is 2.72 bits per heavy atom. The minimum Gasteiger partial charge on any atom is -0.486 e. The van der Waals surface area contributed by atoms with Crippen molar-refractivity contribution in [3.8, 4) is 11.5 Å². The molecule has 0 saturated heterocycles. The van der Waals surface area contributed by atoms with Gasteiger partial charge in [0, 0.05) is 11.8 Å². The summed E-state index contributed by atoms with van der Waals surface area (Å²) in [5.74, 6) is 2.55. The van der Waals surface area contributed by atoms with Crippen LogP contribution in [-0.4, -0.2) is 13.2 Å². The van der Waals surface area contributed by atoms with Gasteiger partial charge in [0.15, 0.2) is 11.5 Å². The van der Waals surface area contributed by atoms with E-state index in [0.29, 0.717) is 19.8 Å². The smallest absolute Gasteiger partial charge is 0.163 e. The average Bonchev–Trinajstić information content (AvgIpc) is 2.82. The summed E-state index contributed by atoms with van der Waals surface area (Å²) in [5, 5.41) is 3.31. The van der Waals surface area contributed by atoms with Crippen LogP contribution in [0.4, 0.5) is 5.69 Å². The molecule has 0 saturated carbocycles. The van der Waals surface area contributed by atoms with Crippen LogP contribution in [0.5, 0.6) is 11.5 Å². The molecule has 0 bridgehead atoms. The average molecular weight is 245 g/mol. The van der Waals surface area contributed by atoms with Crippen molar-refractivity contribution in [2.45, 2.75) is 13.5 Å². The molecule has 1 aliphatic heterocycles. The van der Waals surface area contributed by atoms with E-state index in [9.17, 15) is 0 Å². The highest BCUT2D eigenvalue weighted by Crippen LogP contribution is 2.32. The molecule has 0 amide bonds. The van der Waals surface area contributed by atoms with E-state index in [0.717, 1.165) is 28.5 Å².